The van der Waals surface area contributed by atoms with Crippen LogP contribution in [0.2, 0.25) is 0 Å². The smallest absolute Gasteiger partial charge is 0.248 e. The Balaban J connectivity index is 2.12. The second-order valence-corrected chi connectivity index (χ2v) is 5.69. The number of alkyl halides is 2. The van der Waals surface area contributed by atoms with E-state index in [1.54, 1.807) is 10.9 Å². The van der Waals surface area contributed by atoms with E-state index in [4.69, 9.17) is 0 Å². The van der Waals surface area contributed by atoms with Gasteiger partial charge >= 0.3 is 0 Å². The van der Waals surface area contributed by atoms with E-state index in [0.29, 0.717) is 25.1 Å². The van der Waals surface area contributed by atoms with Gasteiger partial charge in [-0.25, -0.2) is 8.78 Å². The molecule has 102 valence electrons. The lowest BCUT2D eigenvalue weighted by Crippen LogP contribution is -2.28. The van der Waals surface area contributed by atoms with E-state index in [9.17, 15) is 13.9 Å². The Kier molecular flexibility index (Phi) is 4.06. The van der Waals surface area contributed by atoms with Crippen LogP contribution in [-0.4, -0.2) is 20.8 Å². The number of aliphatic hydroxyl groups excluding tert-OH is 1. The highest BCUT2D eigenvalue weighted by atomic mass is 79.9. The molecule has 1 fully saturated rings. The van der Waals surface area contributed by atoms with Gasteiger partial charge in [0.25, 0.3) is 0 Å². The number of hydrogen-bond donors (Lipinski definition) is 1. The van der Waals surface area contributed by atoms with Gasteiger partial charge in [0.2, 0.25) is 5.92 Å². The van der Waals surface area contributed by atoms with E-state index in [2.05, 4.69) is 21.0 Å². The molecule has 1 atom stereocenters. The molecule has 0 aromatic carbocycles. The maximum Gasteiger partial charge on any atom is 0.248 e. The molecular weight excluding hydrogens is 306 g/mol. The minimum atomic E-state index is -2.56. The molecule has 1 aromatic rings. The summed E-state index contributed by atoms with van der Waals surface area (Å²) < 4.78 is 28.7. The van der Waals surface area contributed by atoms with E-state index in [1.807, 2.05) is 6.92 Å². The average molecular weight is 323 g/mol. The van der Waals surface area contributed by atoms with Gasteiger partial charge in [-0.1, -0.05) is 0 Å². The Hall–Kier alpha value is -0.490. The number of aryl methyl sites for hydroxylation is 1. The lowest BCUT2D eigenvalue weighted by atomic mass is 9.82. The summed E-state index contributed by atoms with van der Waals surface area (Å²) in [5.41, 5.74) is 0.702. The number of hydrogen-bond acceptors (Lipinski definition) is 2. The highest BCUT2D eigenvalue weighted by molar-refractivity contribution is 9.10. The van der Waals surface area contributed by atoms with Gasteiger partial charge in [-0.2, -0.15) is 5.10 Å². The van der Waals surface area contributed by atoms with Crippen LogP contribution in [0.4, 0.5) is 8.78 Å². The van der Waals surface area contributed by atoms with Crippen molar-refractivity contribution in [1.82, 2.24) is 9.78 Å². The Labute approximate surface area is 113 Å². The molecule has 2 rings (SSSR count). The van der Waals surface area contributed by atoms with E-state index in [1.165, 1.54) is 0 Å². The first-order chi connectivity index (χ1) is 8.44. The predicted octanol–water partition coefficient (Wildman–Crippen LogP) is 3.52. The minimum absolute atomic E-state index is 0.108. The highest BCUT2D eigenvalue weighted by Crippen LogP contribution is 2.42. The van der Waals surface area contributed by atoms with Crippen molar-refractivity contribution in [2.75, 3.05) is 0 Å². The Bertz CT molecular complexity index is 412. The standard InChI is InChI=1S/C12H17BrF2N2O/c1-2-17-10(9(13)7-16-17)11(18)8-3-5-12(14,15)6-4-8/h7-8,11,18H,2-6H2,1H3. The molecule has 1 saturated carbocycles. The lowest BCUT2D eigenvalue weighted by Gasteiger charge is -2.31. The first-order valence-electron chi connectivity index (χ1n) is 6.21. The van der Waals surface area contributed by atoms with Crippen LogP contribution in [-0.2, 0) is 6.54 Å². The summed E-state index contributed by atoms with van der Waals surface area (Å²) in [6.07, 6.45) is 1.36. The average Bonchev–Trinajstić information content (AvgIpc) is 2.69. The zero-order chi connectivity index (χ0) is 13.3. The Morgan fingerprint density at radius 1 is 1.56 bits per heavy atom. The number of halogens is 3. The molecule has 1 N–H and O–H groups in total. The second-order valence-electron chi connectivity index (χ2n) is 4.83. The topological polar surface area (TPSA) is 38.0 Å². The number of nitrogens with zero attached hydrogens (tertiary/aromatic N) is 2. The first-order valence-corrected chi connectivity index (χ1v) is 7.01. The van der Waals surface area contributed by atoms with Crippen LogP contribution in [0.3, 0.4) is 0 Å². The van der Waals surface area contributed by atoms with Crippen molar-refractivity contribution in [3.8, 4) is 0 Å². The summed E-state index contributed by atoms with van der Waals surface area (Å²) >= 11 is 3.36. The third-order valence-electron chi connectivity index (χ3n) is 3.62. The number of aromatic nitrogens is 2. The van der Waals surface area contributed by atoms with Gasteiger partial charge in [-0.15, -0.1) is 0 Å². The molecule has 1 heterocycles. The van der Waals surface area contributed by atoms with Crippen molar-refractivity contribution in [2.24, 2.45) is 5.92 Å². The van der Waals surface area contributed by atoms with Crippen LogP contribution in [0.25, 0.3) is 0 Å². The van der Waals surface area contributed by atoms with Crippen molar-refractivity contribution < 1.29 is 13.9 Å². The molecule has 6 heteroatoms. The van der Waals surface area contributed by atoms with E-state index in [-0.39, 0.29) is 18.8 Å². The normalized spacial score (nSPS) is 22.1. The number of rotatable bonds is 3. The van der Waals surface area contributed by atoms with Crippen molar-refractivity contribution in [3.05, 3.63) is 16.4 Å². The molecule has 1 unspecified atom stereocenters. The van der Waals surface area contributed by atoms with Gasteiger partial charge in [0, 0.05) is 19.4 Å². The molecule has 1 aliphatic rings. The Morgan fingerprint density at radius 3 is 2.72 bits per heavy atom. The van der Waals surface area contributed by atoms with Crippen molar-refractivity contribution in [2.45, 2.75) is 51.2 Å². The van der Waals surface area contributed by atoms with Crippen LogP contribution in [0, 0.1) is 5.92 Å². The van der Waals surface area contributed by atoms with E-state index in [0.717, 1.165) is 4.47 Å². The quantitative estimate of drug-likeness (QED) is 0.924. The second kappa shape index (κ2) is 5.25. The van der Waals surface area contributed by atoms with Gasteiger partial charge in [0.1, 0.15) is 0 Å². The van der Waals surface area contributed by atoms with Crippen LogP contribution in [0.15, 0.2) is 10.7 Å². The molecule has 0 aliphatic heterocycles. The van der Waals surface area contributed by atoms with Gasteiger partial charge < -0.3 is 5.11 Å². The summed E-state index contributed by atoms with van der Waals surface area (Å²) in [6.45, 7) is 2.59. The zero-order valence-corrected chi connectivity index (χ0v) is 11.8. The maximum absolute atomic E-state index is 13.1. The van der Waals surface area contributed by atoms with Crippen LogP contribution < -0.4 is 0 Å². The molecular formula is C12H17BrF2N2O. The SMILES string of the molecule is CCn1ncc(Br)c1C(O)C1CCC(F)(F)CC1. The fraction of sp³-hybridized carbons (Fsp3) is 0.750. The largest absolute Gasteiger partial charge is 0.386 e. The molecule has 18 heavy (non-hydrogen) atoms. The van der Waals surface area contributed by atoms with E-state index < -0.39 is 12.0 Å². The van der Waals surface area contributed by atoms with Gasteiger partial charge in [-0.05, 0) is 41.6 Å². The summed E-state index contributed by atoms with van der Waals surface area (Å²) in [5.74, 6) is -2.67. The first kappa shape index (κ1) is 13.9. The van der Waals surface area contributed by atoms with Crippen molar-refractivity contribution >= 4 is 15.9 Å². The van der Waals surface area contributed by atoms with Crippen LogP contribution >= 0.6 is 15.9 Å². The fourth-order valence-corrected chi connectivity index (χ4v) is 3.05. The van der Waals surface area contributed by atoms with Crippen LogP contribution in [0.1, 0.15) is 44.4 Å². The molecule has 3 nitrogen and oxygen atoms in total. The highest BCUT2D eigenvalue weighted by Gasteiger charge is 2.38. The molecule has 1 aliphatic carbocycles. The van der Waals surface area contributed by atoms with Gasteiger partial charge in [0.15, 0.2) is 0 Å². The van der Waals surface area contributed by atoms with Gasteiger partial charge in [0.05, 0.1) is 22.5 Å². The van der Waals surface area contributed by atoms with E-state index >= 15 is 0 Å². The molecule has 0 radical (unpaired) electrons. The molecule has 0 bridgehead atoms. The monoisotopic (exact) mass is 322 g/mol. The molecule has 0 saturated heterocycles. The van der Waals surface area contributed by atoms with Crippen molar-refractivity contribution in [3.63, 3.8) is 0 Å². The Morgan fingerprint density at radius 2 is 2.17 bits per heavy atom. The van der Waals surface area contributed by atoms with Gasteiger partial charge in [-0.3, -0.25) is 4.68 Å². The summed E-state index contributed by atoms with van der Waals surface area (Å²) in [6, 6.07) is 0. The molecule has 1 aromatic heterocycles. The van der Waals surface area contributed by atoms with Crippen molar-refractivity contribution in [1.29, 1.82) is 0 Å². The maximum atomic E-state index is 13.1. The van der Waals surface area contributed by atoms with Crippen LogP contribution in [0.5, 0.6) is 0 Å². The fourth-order valence-electron chi connectivity index (χ4n) is 2.52. The predicted molar refractivity (Wildman–Crippen MR) is 67.5 cm³/mol. The summed E-state index contributed by atoms with van der Waals surface area (Å²) in [7, 11) is 0. The number of aliphatic hydroxyl groups is 1. The molecule has 0 spiro atoms. The third kappa shape index (κ3) is 2.74. The lowest BCUT2D eigenvalue weighted by molar-refractivity contribution is -0.0637. The third-order valence-corrected chi connectivity index (χ3v) is 4.23. The minimum Gasteiger partial charge on any atom is -0.386 e. The zero-order valence-electron chi connectivity index (χ0n) is 10.2. The summed E-state index contributed by atoms with van der Waals surface area (Å²) in [4.78, 5) is 0. The molecule has 0 amide bonds. The summed E-state index contributed by atoms with van der Waals surface area (Å²) in [5, 5.41) is 14.5.